The molecule has 0 aliphatic carbocycles. The largest absolute Gasteiger partial charge is 0.329 e. The molecule has 0 spiro atoms. The molecule has 0 aliphatic heterocycles. The fourth-order valence-electron chi connectivity index (χ4n) is 1.53. The van der Waals surface area contributed by atoms with E-state index in [-0.39, 0.29) is 5.82 Å². The molecule has 5 heteroatoms. The van der Waals surface area contributed by atoms with Gasteiger partial charge < -0.3 is 11.5 Å². The molecule has 90 valence electrons. The summed E-state index contributed by atoms with van der Waals surface area (Å²) >= 11 is 3.23. The molecule has 0 atom stereocenters. The van der Waals surface area contributed by atoms with Gasteiger partial charge in [-0.3, -0.25) is 4.90 Å². The summed E-state index contributed by atoms with van der Waals surface area (Å²) in [4.78, 5) is 2.05. The number of nitrogens with zero attached hydrogens (tertiary/aromatic N) is 1. The second-order valence-corrected chi connectivity index (χ2v) is 4.50. The summed E-state index contributed by atoms with van der Waals surface area (Å²) in [7, 11) is 0. The van der Waals surface area contributed by atoms with Crippen molar-refractivity contribution in [3.05, 3.63) is 34.1 Å². The first-order chi connectivity index (χ1) is 7.67. The Morgan fingerprint density at radius 1 is 1.19 bits per heavy atom. The van der Waals surface area contributed by atoms with Gasteiger partial charge in [0.05, 0.1) is 0 Å². The van der Waals surface area contributed by atoms with Crippen molar-refractivity contribution in [2.75, 3.05) is 26.2 Å². The zero-order chi connectivity index (χ0) is 12.0. The van der Waals surface area contributed by atoms with Gasteiger partial charge in [-0.25, -0.2) is 4.39 Å². The Labute approximate surface area is 104 Å². The third kappa shape index (κ3) is 4.17. The van der Waals surface area contributed by atoms with E-state index >= 15 is 0 Å². The van der Waals surface area contributed by atoms with E-state index in [0.717, 1.165) is 17.6 Å². The number of hydrogen-bond acceptors (Lipinski definition) is 3. The van der Waals surface area contributed by atoms with Gasteiger partial charge in [-0.2, -0.15) is 0 Å². The molecule has 16 heavy (non-hydrogen) atoms. The molecule has 1 aromatic carbocycles. The highest BCUT2D eigenvalue weighted by molar-refractivity contribution is 9.10. The Balaban J connectivity index is 2.68. The maximum atomic E-state index is 13.6. The summed E-state index contributed by atoms with van der Waals surface area (Å²) in [6, 6.07) is 5.08. The van der Waals surface area contributed by atoms with Gasteiger partial charge in [0, 0.05) is 42.8 Å². The Kier molecular flexibility index (Phi) is 5.90. The van der Waals surface area contributed by atoms with Crippen LogP contribution in [-0.4, -0.2) is 31.1 Å². The molecule has 0 fully saturated rings. The van der Waals surface area contributed by atoms with Gasteiger partial charge in [0.15, 0.2) is 0 Å². The summed E-state index contributed by atoms with van der Waals surface area (Å²) < 4.78 is 14.3. The van der Waals surface area contributed by atoms with Gasteiger partial charge in [0.25, 0.3) is 0 Å². The van der Waals surface area contributed by atoms with E-state index in [9.17, 15) is 4.39 Å². The third-order valence-electron chi connectivity index (χ3n) is 2.30. The molecule has 0 bridgehead atoms. The average Bonchev–Trinajstić information content (AvgIpc) is 2.23. The maximum absolute atomic E-state index is 13.6. The van der Waals surface area contributed by atoms with E-state index in [0.29, 0.717) is 25.2 Å². The van der Waals surface area contributed by atoms with Gasteiger partial charge in [-0.1, -0.05) is 22.0 Å². The van der Waals surface area contributed by atoms with E-state index in [4.69, 9.17) is 11.5 Å². The molecule has 3 nitrogen and oxygen atoms in total. The van der Waals surface area contributed by atoms with Crippen LogP contribution in [0.15, 0.2) is 22.7 Å². The Morgan fingerprint density at radius 2 is 1.81 bits per heavy atom. The third-order valence-corrected chi connectivity index (χ3v) is 2.79. The van der Waals surface area contributed by atoms with Crippen molar-refractivity contribution in [3.63, 3.8) is 0 Å². The van der Waals surface area contributed by atoms with Crippen molar-refractivity contribution in [2.24, 2.45) is 11.5 Å². The smallest absolute Gasteiger partial charge is 0.128 e. The van der Waals surface area contributed by atoms with Gasteiger partial charge in [0.1, 0.15) is 5.82 Å². The van der Waals surface area contributed by atoms with Crippen LogP contribution in [0.1, 0.15) is 5.56 Å². The number of rotatable bonds is 6. The second kappa shape index (κ2) is 6.96. The van der Waals surface area contributed by atoms with Gasteiger partial charge in [0.2, 0.25) is 0 Å². The predicted octanol–water partition coefficient (Wildman–Crippen LogP) is 1.31. The minimum Gasteiger partial charge on any atom is -0.329 e. The van der Waals surface area contributed by atoms with Crippen molar-refractivity contribution in [2.45, 2.75) is 6.54 Å². The lowest BCUT2D eigenvalue weighted by molar-refractivity contribution is 0.276. The van der Waals surface area contributed by atoms with Crippen LogP contribution in [0, 0.1) is 5.82 Å². The quantitative estimate of drug-likeness (QED) is 0.830. The molecule has 0 amide bonds. The fraction of sp³-hybridized carbons (Fsp3) is 0.455. The van der Waals surface area contributed by atoms with Crippen LogP contribution in [0.25, 0.3) is 0 Å². The number of hydrogen-bond donors (Lipinski definition) is 2. The topological polar surface area (TPSA) is 55.3 Å². The Bertz CT molecular complexity index is 327. The molecule has 1 aromatic rings. The first-order valence-electron chi connectivity index (χ1n) is 5.23. The molecule has 0 unspecified atom stereocenters. The van der Waals surface area contributed by atoms with E-state index in [2.05, 4.69) is 15.9 Å². The highest BCUT2D eigenvalue weighted by atomic mass is 79.9. The highest BCUT2D eigenvalue weighted by Gasteiger charge is 2.08. The lowest BCUT2D eigenvalue weighted by atomic mass is 10.2. The lowest BCUT2D eigenvalue weighted by Crippen LogP contribution is -2.33. The van der Waals surface area contributed by atoms with Crippen LogP contribution in [0.3, 0.4) is 0 Å². The Hall–Kier alpha value is -0.490. The first kappa shape index (κ1) is 13.6. The molecule has 0 saturated carbocycles. The minimum atomic E-state index is -0.201. The SMILES string of the molecule is NCCN(CCN)Cc1ccc(Br)cc1F. The summed E-state index contributed by atoms with van der Waals surface area (Å²) in [5, 5.41) is 0. The van der Waals surface area contributed by atoms with E-state index < -0.39 is 0 Å². The molecule has 0 radical (unpaired) electrons. The van der Waals surface area contributed by atoms with Crippen LogP contribution in [0.5, 0.6) is 0 Å². The molecule has 1 rings (SSSR count). The maximum Gasteiger partial charge on any atom is 0.128 e. The molecule has 0 saturated heterocycles. The zero-order valence-electron chi connectivity index (χ0n) is 9.13. The standard InChI is InChI=1S/C11H17BrFN3/c12-10-2-1-9(11(13)7-10)8-16(5-3-14)6-4-15/h1-2,7H,3-6,8,14-15H2. The molecular formula is C11H17BrFN3. The van der Waals surface area contributed by atoms with Crippen molar-refractivity contribution in [1.29, 1.82) is 0 Å². The van der Waals surface area contributed by atoms with Gasteiger partial charge in [-0.15, -0.1) is 0 Å². The van der Waals surface area contributed by atoms with Crippen LogP contribution in [-0.2, 0) is 6.54 Å². The summed E-state index contributed by atoms with van der Waals surface area (Å²) in [6.45, 7) is 3.11. The number of halogens is 2. The van der Waals surface area contributed by atoms with Crippen LogP contribution in [0.4, 0.5) is 4.39 Å². The van der Waals surface area contributed by atoms with Crippen molar-refractivity contribution in [1.82, 2.24) is 4.90 Å². The number of nitrogens with two attached hydrogens (primary N) is 2. The van der Waals surface area contributed by atoms with Crippen LogP contribution >= 0.6 is 15.9 Å². The molecule has 0 aromatic heterocycles. The van der Waals surface area contributed by atoms with Crippen molar-refractivity contribution in [3.8, 4) is 0 Å². The molecule has 0 heterocycles. The van der Waals surface area contributed by atoms with Crippen molar-refractivity contribution < 1.29 is 4.39 Å². The van der Waals surface area contributed by atoms with Crippen molar-refractivity contribution >= 4 is 15.9 Å². The molecular weight excluding hydrogens is 273 g/mol. The monoisotopic (exact) mass is 289 g/mol. The Morgan fingerprint density at radius 3 is 2.31 bits per heavy atom. The second-order valence-electron chi connectivity index (χ2n) is 3.59. The summed E-state index contributed by atoms with van der Waals surface area (Å²) in [5.41, 5.74) is 11.7. The number of benzene rings is 1. The lowest BCUT2D eigenvalue weighted by Gasteiger charge is -2.21. The molecule has 0 aliphatic rings. The normalized spacial score (nSPS) is 11.1. The zero-order valence-corrected chi connectivity index (χ0v) is 10.7. The van der Waals surface area contributed by atoms with Gasteiger partial charge in [-0.05, 0) is 12.1 Å². The van der Waals surface area contributed by atoms with Crippen LogP contribution < -0.4 is 11.5 Å². The first-order valence-corrected chi connectivity index (χ1v) is 6.03. The fourth-order valence-corrected chi connectivity index (χ4v) is 1.86. The average molecular weight is 290 g/mol. The summed E-state index contributed by atoms with van der Waals surface area (Å²) in [5.74, 6) is -0.201. The highest BCUT2D eigenvalue weighted by Crippen LogP contribution is 2.16. The predicted molar refractivity (Wildman–Crippen MR) is 67.5 cm³/mol. The van der Waals surface area contributed by atoms with Crippen LogP contribution in [0.2, 0.25) is 0 Å². The summed E-state index contributed by atoms with van der Waals surface area (Å²) in [6.07, 6.45) is 0. The van der Waals surface area contributed by atoms with Gasteiger partial charge >= 0.3 is 0 Å². The van der Waals surface area contributed by atoms with E-state index in [1.807, 2.05) is 11.0 Å². The molecule has 4 N–H and O–H groups in total. The minimum absolute atomic E-state index is 0.201. The van der Waals surface area contributed by atoms with E-state index in [1.165, 1.54) is 6.07 Å². The van der Waals surface area contributed by atoms with E-state index in [1.54, 1.807) is 6.07 Å².